The fourth-order valence-corrected chi connectivity index (χ4v) is 3.54. The van der Waals surface area contributed by atoms with E-state index in [2.05, 4.69) is 34.5 Å². The molecule has 0 saturated carbocycles. The Balaban J connectivity index is 1.77. The maximum atomic E-state index is 9.84. The fraction of sp³-hybridized carbons (Fsp3) is 0.429. The number of hydrogen-bond donors (Lipinski definition) is 1. The molecule has 1 aliphatic rings. The van der Waals surface area contributed by atoms with E-state index in [9.17, 15) is 5.11 Å². The van der Waals surface area contributed by atoms with Gasteiger partial charge in [0.05, 0.1) is 12.2 Å². The first kappa shape index (κ1) is 12.1. The lowest BCUT2D eigenvalue weighted by Crippen LogP contribution is -2.25. The van der Waals surface area contributed by atoms with E-state index in [0.29, 0.717) is 6.54 Å². The average molecular weight is 263 g/mol. The molecule has 1 saturated heterocycles. The minimum absolute atomic E-state index is 0.0464. The molecular formula is C14H17NO2S. The van der Waals surface area contributed by atoms with Crippen molar-refractivity contribution in [3.63, 3.8) is 0 Å². The van der Waals surface area contributed by atoms with E-state index in [1.807, 2.05) is 0 Å². The molecule has 3 nitrogen and oxygen atoms in total. The van der Waals surface area contributed by atoms with E-state index in [0.717, 1.165) is 13.1 Å². The number of rotatable bonds is 3. The van der Waals surface area contributed by atoms with Crippen LogP contribution in [-0.4, -0.2) is 42.4 Å². The van der Waals surface area contributed by atoms with E-state index >= 15 is 0 Å². The quantitative estimate of drug-likeness (QED) is 0.920. The van der Waals surface area contributed by atoms with Crippen LogP contribution in [0, 0.1) is 0 Å². The van der Waals surface area contributed by atoms with E-state index in [1.54, 1.807) is 18.4 Å². The SMILES string of the molecule is CO[C@H]1CN(Cc2csc3ccccc23)C[C@@H]1O. The van der Waals surface area contributed by atoms with Crippen molar-refractivity contribution < 1.29 is 9.84 Å². The number of β-amino-alcohol motifs (C(OH)–C–C–N with tert-alkyl or cyclic N) is 1. The van der Waals surface area contributed by atoms with Crippen LogP contribution < -0.4 is 0 Å². The van der Waals surface area contributed by atoms with Gasteiger partial charge in [-0.15, -0.1) is 11.3 Å². The molecule has 4 heteroatoms. The summed E-state index contributed by atoms with van der Waals surface area (Å²) < 4.78 is 6.60. The number of thiophene rings is 1. The fourth-order valence-electron chi connectivity index (χ4n) is 2.59. The predicted octanol–water partition coefficient (Wildman–Crippen LogP) is 2.09. The van der Waals surface area contributed by atoms with Gasteiger partial charge in [-0.3, -0.25) is 4.90 Å². The molecule has 3 rings (SSSR count). The van der Waals surface area contributed by atoms with E-state index < -0.39 is 0 Å². The topological polar surface area (TPSA) is 32.7 Å². The van der Waals surface area contributed by atoms with Crippen LogP contribution >= 0.6 is 11.3 Å². The highest BCUT2D eigenvalue weighted by atomic mass is 32.1. The Hall–Kier alpha value is -0.940. The molecule has 1 aromatic carbocycles. The lowest BCUT2D eigenvalue weighted by molar-refractivity contribution is 0.0215. The molecule has 0 spiro atoms. The van der Waals surface area contributed by atoms with Gasteiger partial charge in [0.25, 0.3) is 0 Å². The van der Waals surface area contributed by atoms with Gasteiger partial charge in [-0.2, -0.15) is 0 Å². The number of ether oxygens (including phenoxy) is 1. The molecule has 1 aromatic heterocycles. The molecule has 1 N–H and O–H groups in total. The standard InChI is InChI=1S/C14H17NO2S/c1-17-13-8-15(7-12(13)16)6-10-9-18-14-5-3-2-4-11(10)14/h2-5,9,12-13,16H,6-8H2,1H3/t12-,13-/m0/s1. The number of nitrogens with zero attached hydrogens (tertiary/aromatic N) is 1. The molecule has 96 valence electrons. The summed E-state index contributed by atoms with van der Waals surface area (Å²) in [5.74, 6) is 0. The van der Waals surface area contributed by atoms with Gasteiger partial charge in [0.2, 0.25) is 0 Å². The van der Waals surface area contributed by atoms with Crippen LogP contribution in [0.15, 0.2) is 29.6 Å². The second-order valence-electron chi connectivity index (χ2n) is 4.79. The third-order valence-electron chi connectivity index (χ3n) is 3.57. The van der Waals surface area contributed by atoms with Crippen molar-refractivity contribution in [1.29, 1.82) is 0 Å². The Morgan fingerprint density at radius 1 is 1.39 bits per heavy atom. The summed E-state index contributed by atoms with van der Waals surface area (Å²) >= 11 is 1.78. The van der Waals surface area contributed by atoms with Crippen molar-refractivity contribution in [2.45, 2.75) is 18.8 Å². The van der Waals surface area contributed by atoms with Crippen LogP contribution in [-0.2, 0) is 11.3 Å². The zero-order valence-electron chi connectivity index (χ0n) is 10.4. The minimum atomic E-state index is -0.361. The minimum Gasteiger partial charge on any atom is -0.389 e. The molecule has 0 unspecified atom stereocenters. The van der Waals surface area contributed by atoms with E-state index in [1.165, 1.54) is 15.6 Å². The van der Waals surface area contributed by atoms with Crippen molar-refractivity contribution in [1.82, 2.24) is 4.90 Å². The Bertz CT molecular complexity index is 539. The number of aliphatic hydroxyl groups is 1. The third kappa shape index (κ3) is 2.17. The molecule has 0 radical (unpaired) electrons. The summed E-state index contributed by atoms with van der Waals surface area (Å²) in [5, 5.41) is 13.4. The van der Waals surface area contributed by atoms with Crippen molar-refractivity contribution in [3.8, 4) is 0 Å². The summed E-state index contributed by atoms with van der Waals surface area (Å²) in [7, 11) is 1.66. The molecule has 0 amide bonds. The lowest BCUT2D eigenvalue weighted by Gasteiger charge is -2.14. The summed E-state index contributed by atoms with van der Waals surface area (Å²) in [6, 6.07) is 8.47. The number of fused-ring (bicyclic) bond motifs is 1. The molecule has 18 heavy (non-hydrogen) atoms. The number of hydrogen-bond acceptors (Lipinski definition) is 4. The monoisotopic (exact) mass is 263 g/mol. The molecule has 1 aliphatic heterocycles. The number of methoxy groups -OCH3 is 1. The van der Waals surface area contributed by atoms with Crippen LogP contribution in [0.5, 0.6) is 0 Å². The molecule has 1 fully saturated rings. The summed E-state index contributed by atoms with van der Waals surface area (Å²) in [6.07, 6.45) is -0.408. The van der Waals surface area contributed by atoms with Crippen molar-refractivity contribution in [3.05, 3.63) is 35.2 Å². The summed E-state index contributed by atoms with van der Waals surface area (Å²) in [5.41, 5.74) is 1.35. The van der Waals surface area contributed by atoms with Crippen molar-refractivity contribution in [2.24, 2.45) is 0 Å². The summed E-state index contributed by atoms with van der Waals surface area (Å²) in [6.45, 7) is 2.39. The van der Waals surface area contributed by atoms with Crippen LogP contribution in [0.1, 0.15) is 5.56 Å². The predicted molar refractivity (Wildman–Crippen MR) is 73.9 cm³/mol. The number of benzene rings is 1. The normalized spacial score (nSPS) is 25.0. The Morgan fingerprint density at radius 2 is 2.22 bits per heavy atom. The van der Waals surface area contributed by atoms with Crippen LogP contribution in [0.25, 0.3) is 10.1 Å². The van der Waals surface area contributed by atoms with E-state index in [-0.39, 0.29) is 12.2 Å². The summed E-state index contributed by atoms with van der Waals surface area (Å²) in [4.78, 5) is 2.26. The van der Waals surface area contributed by atoms with Crippen LogP contribution in [0.4, 0.5) is 0 Å². The number of likely N-dealkylation sites (tertiary alicyclic amines) is 1. The highest BCUT2D eigenvalue weighted by molar-refractivity contribution is 7.17. The third-order valence-corrected chi connectivity index (χ3v) is 4.58. The smallest absolute Gasteiger partial charge is 0.0969 e. The second-order valence-corrected chi connectivity index (χ2v) is 5.70. The average Bonchev–Trinajstić information content (AvgIpc) is 2.94. The molecule has 2 heterocycles. The molecule has 2 aromatic rings. The second kappa shape index (κ2) is 4.97. The first-order chi connectivity index (χ1) is 8.78. The largest absolute Gasteiger partial charge is 0.389 e. The highest BCUT2D eigenvalue weighted by Gasteiger charge is 2.31. The van der Waals surface area contributed by atoms with Gasteiger partial charge in [0.1, 0.15) is 0 Å². The van der Waals surface area contributed by atoms with Crippen LogP contribution in [0.3, 0.4) is 0 Å². The first-order valence-corrected chi connectivity index (χ1v) is 7.04. The molecular weight excluding hydrogens is 246 g/mol. The maximum Gasteiger partial charge on any atom is 0.0969 e. The van der Waals surface area contributed by atoms with Gasteiger partial charge in [-0.25, -0.2) is 0 Å². The zero-order chi connectivity index (χ0) is 12.5. The molecule has 0 aliphatic carbocycles. The van der Waals surface area contributed by atoms with Crippen LogP contribution in [0.2, 0.25) is 0 Å². The van der Waals surface area contributed by atoms with E-state index in [4.69, 9.17) is 4.74 Å². The van der Waals surface area contributed by atoms with Crippen molar-refractivity contribution >= 4 is 21.4 Å². The first-order valence-electron chi connectivity index (χ1n) is 6.16. The van der Waals surface area contributed by atoms with Gasteiger partial charge in [0, 0.05) is 31.4 Å². The van der Waals surface area contributed by atoms with Crippen molar-refractivity contribution in [2.75, 3.05) is 20.2 Å². The van der Waals surface area contributed by atoms with Gasteiger partial charge in [0.15, 0.2) is 0 Å². The van der Waals surface area contributed by atoms with Gasteiger partial charge >= 0.3 is 0 Å². The molecule has 0 bridgehead atoms. The van der Waals surface area contributed by atoms with Gasteiger partial charge in [-0.1, -0.05) is 18.2 Å². The molecule has 2 atom stereocenters. The Kier molecular flexibility index (Phi) is 3.35. The maximum absolute atomic E-state index is 9.84. The van der Waals surface area contributed by atoms with Gasteiger partial charge in [-0.05, 0) is 22.4 Å². The Labute approximate surface area is 111 Å². The number of aliphatic hydroxyl groups excluding tert-OH is 1. The van der Waals surface area contributed by atoms with Gasteiger partial charge < -0.3 is 9.84 Å². The zero-order valence-corrected chi connectivity index (χ0v) is 11.2. The lowest BCUT2D eigenvalue weighted by atomic mass is 10.2. The Morgan fingerprint density at radius 3 is 3.00 bits per heavy atom. The highest BCUT2D eigenvalue weighted by Crippen LogP contribution is 2.27.